The fourth-order valence-electron chi connectivity index (χ4n) is 3.70. The van der Waals surface area contributed by atoms with E-state index in [-0.39, 0.29) is 24.4 Å². The molecule has 1 saturated heterocycles. The number of imidazole rings is 1. The Morgan fingerprint density at radius 3 is 2.81 bits per heavy atom. The third-order valence-corrected chi connectivity index (χ3v) is 5.21. The number of carbonyl (C=O) groups is 2. The quantitative estimate of drug-likeness (QED) is 0.799. The Hall–Kier alpha value is -2.37. The summed E-state index contributed by atoms with van der Waals surface area (Å²) in [4.78, 5) is 33.2. The molecule has 6 nitrogen and oxygen atoms in total. The molecule has 1 atom stereocenters. The number of aromatic nitrogens is 2. The molecule has 1 aliphatic heterocycles. The van der Waals surface area contributed by atoms with Gasteiger partial charge in [0, 0.05) is 27.1 Å². The summed E-state index contributed by atoms with van der Waals surface area (Å²) in [5.74, 6) is 0.976. The van der Waals surface area contributed by atoms with Crippen molar-refractivity contribution in [1.82, 2.24) is 19.4 Å². The number of amides is 2. The van der Waals surface area contributed by atoms with Gasteiger partial charge in [-0.2, -0.15) is 0 Å². The highest BCUT2D eigenvalue weighted by Gasteiger charge is 2.32. The number of hydrogen-bond donors (Lipinski definition) is 0. The lowest BCUT2D eigenvalue weighted by Crippen LogP contribution is -2.33. The van der Waals surface area contributed by atoms with Crippen LogP contribution in [0.15, 0.2) is 24.3 Å². The first-order valence-corrected chi connectivity index (χ1v) is 9.49. The largest absolute Gasteiger partial charge is 0.344 e. The van der Waals surface area contributed by atoms with Crippen LogP contribution in [0, 0.1) is 0 Å². The number of carbonyl (C=O) groups excluding carboxylic acids is 2. The van der Waals surface area contributed by atoms with E-state index in [1.807, 2.05) is 40.8 Å². The molecule has 1 aromatic carbocycles. The van der Waals surface area contributed by atoms with Crippen LogP contribution >= 0.6 is 0 Å². The van der Waals surface area contributed by atoms with Gasteiger partial charge in [0.25, 0.3) is 0 Å². The molecule has 1 fully saturated rings. The Morgan fingerprint density at radius 1 is 1.31 bits per heavy atom. The van der Waals surface area contributed by atoms with Crippen LogP contribution in [0.25, 0.3) is 11.0 Å². The van der Waals surface area contributed by atoms with Gasteiger partial charge in [-0.05, 0) is 31.4 Å². The Morgan fingerprint density at radius 2 is 2.08 bits per heavy atom. The fourth-order valence-corrected chi connectivity index (χ4v) is 3.70. The molecule has 0 N–H and O–H groups in total. The van der Waals surface area contributed by atoms with Crippen molar-refractivity contribution in [2.75, 3.05) is 20.1 Å². The van der Waals surface area contributed by atoms with Crippen LogP contribution in [0.2, 0.25) is 0 Å². The standard InChI is InChI=1S/C20H28N4O2/c1-4-5-12-22(3)19(26)14-24-17-10-7-6-9-16(17)21-20(24)18-11-8-13-23(18)15(2)25/h6-7,9-10,18H,4-5,8,11-14H2,1-3H3/t18-/m1/s1. The Balaban J connectivity index is 1.95. The van der Waals surface area contributed by atoms with Crippen molar-refractivity contribution < 1.29 is 9.59 Å². The number of unbranched alkanes of at least 4 members (excludes halogenated alkanes) is 1. The van der Waals surface area contributed by atoms with Gasteiger partial charge in [0.15, 0.2) is 0 Å². The van der Waals surface area contributed by atoms with Gasteiger partial charge in [-0.15, -0.1) is 0 Å². The molecular weight excluding hydrogens is 328 g/mol. The minimum absolute atomic E-state index is 0.0475. The number of likely N-dealkylation sites (tertiary alicyclic amines) is 1. The molecule has 0 unspecified atom stereocenters. The number of likely N-dealkylation sites (N-methyl/N-ethyl adjacent to an activating group) is 1. The lowest BCUT2D eigenvalue weighted by atomic mass is 10.2. The average molecular weight is 356 g/mol. The zero-order valence-corrected chi connectivity index (χ0v) is 15.9. The summed E-state index contributed by atoms with van der Waals surface area (Å²) in [6.07, 6.45) is 3.92. The molecule has 26 heavy (non-hydrogen) atoms. The van der Waals surface area contributed by atoms with E-state index in [4.69, 9.17) is 4.98 Å². The van der Waals surface area contributed by atoms with Crippen molar-refractivity contribution >= 4 is 22.8 Å². The summed E-state index contributed by atoms with van der Waals surface area (Å²) in [5.41, 5.74) is 1.83. The highest BCUT2D eigenvalue weighted by Crippen LogP contribution is 2.33. The zero-order chi connectivity index (χ0) is 18.7. The molecule has 2 aromatic rings. The minimum Gasteiger partial charge on any atom is -0.344 e. The normalized spacial score (nSPS) is 17.0. The molecule has 0 spiro atoms. The third kappa shape index (κ3) is 3.59. The molecule has 0 bridgehead atoms. The molecule has 1 aliphatic rings. The lowest BCUT2D eigenvalue weighted by Gasteiger charge is -2.24. The van der Waals surface area contributed by atoms with E-state index in [0.717, 1.165) is 55.6 Å². The van der Waals surface area contributed by atoms with Crippen molar-refractivity contribution in [1.29, 1.82) is 0 Å². The smallest absolute Gasteiger partial charge is 0.242 e. The monoisotopic (exact) mass is 356 g/mol. The van der Waals surface area contributed by atoms with Crippen molar-refractivity contribution in [3.63, 3.8) is 0 Å². The van der Waals surface area contributed by atoms with Gasteiger partial charge in [-0.1, -0.05) is 25.5 Å². The van der Waals surface area contributed by atoms with E-state index < -0.39 is 0 Å². The summed E-state index contributed by atoms with van der Waals surface area (Å²) in [6.45, 7) is 5.51. The molecule has 0 aliphatic carbocycles. The number of hydrogen-bond acceptors (Lipinski definition) is 3. The number of para-hydroxylation sites is 2. The molecule has 140 valence electrons. The molecule has 3 rings (SSSR count). The molecule has 1 aromatic heterocycles. The molecule has 0 saturated carbocycles. The van der Waals surface area contributed by atoms with Gasteiger partial charge in [0.2, 0.25) is 11.8 Å². The topological polar surface area (TPSA) is 58.4 Å². The fraction of sp³-hybridized carbons (Fsp3) is 0.550. The highest BCUT2D eigenvalue weighted by molar-refractivity contribution is 5.81. The highest BCUT2D eigenvalue weighted by atomic mass is 16.2. The number of fused-ring (bicyclic) bond motifs is 1. The first-order valence-electron chi connectivity index (χ1n) is 9.49. The summed E-state index contributed by atoms with van der Waals surface area (Å²) in [5, 5.41) is 0. The maximum absolute atomic E-state index is 12.7. The third-order valence-electron chi connectivity index (χ3n) is 5.21. The average Bonchev–Trinajstić information content (AvgIpc) is 3.24. The summed E-state index contributed by atoms with van der Waals surface area (Å²) in [6, 6.07) is 7.84. The molecule has 6 heteroatoms. The van der Waals surface area contributed by atoms with Crippen molar-refractivity contribution in [2.45, 2.75) is 52.1 Å². The van der Waals surface area contributed by atoms with Crippen LogP contribution in [0.1, 0.15) is 51.4 Å². The molecular formula is C20H28N4O2. The lowest BCUT2D eigenvalue weighted by molar-refractivity contribution is -0.130. The Bertz CT molecular complexity index is 798. The van der Waals surface area contributed by atoms with Crippen molar-refractivity contribution in [2.24, 2.45) is 0 Å². The first kappa shape index (κ1) is 18.4. The van der Waals surface area contributed by atoms with E-state index in [1.54, 1.807) is 11.8 Å². The van der Waals surface area contributed by atoms with E-state index in [9.17, 15) is 9.59 Å². The van der Waals surface area contributed by atoms with E-state index in [0.29, 0.717) is 0 Å². The van der Waals surface area contributed by atoms with Crippen LogP contribution in [0.4, 0.5) is 0 Å². The molecule has 2 amide bonds. The second-order valence-corrected chi connectivity index (χ2v) is 7.08. The zero-order valence-electron chi connectivity index (χ0n) is 15.9. The minimum atomic E-state index is -0.0475. The van der Waals surface area contributed by atoms with Crippen molar-refractivity contribution in [3.8, 4) is 0 Å². The van der Waals surface area contributed by atoms with Gasteiger partial charge in [0.1, 0.15) is 12.4 Å². The number of nitrogens with zero attached hydrogens (tertiary/aromatic N) is 4. The van der Waals surface area contributed by atoms with Gasteiger partial charge in [0.05, 0.1) is 17.1 Å². The van der Waals surface area contributed by atoms with Crippen LogP contribution in [-0.2, 0) is 16.1 Å². The second kappa shape index (κ2) is 7.89. The van der Waals surface area contributed by atoms with Crippen LogP contribution in [0.3, 0.4) is 0 Å². The number of rotatable bonds is 6. The summed E-state index contributed by atoms with van der Waals surface area (Å²) in [7, 11) is 1.86. The molecule has 2 heterocycles. The van der Waals surface area contributed by atoms with Crippen molar-refractivity contribution in [3.05, 3.63) is 30.1 Å². The Kier molecular flexibility index (Phi) is 5.59. The van der Waals surface area contributed by atoms with Gasteiger partial charge in [-0.3, -0.25) is 9.59 Å². The predicted molar refractivity (Wildman–Crippen MR) is 102 cm³/mol. The van der Waals surface area contributed by atoms with Gasteiger partial charge >= 0.3 is 0 Å². The van der Waals surface area contributed by atoms with E-state index >= 15 is 0 Å². The predicted octanol–water partition coefficient (Wildman–Crippen LogP) is 2.98. The second-order valence-electron chi connectivity index (χ2n) is 7.08. The molecule has 0 radical (unpaired) electrons. The van der Waals surface area contributed by atoms with Gasteiger partial charge in [-0.25, -0.2) is 4.98 Å². The maximum Gasteiger partial charge on any atom is 0.242 e. The van der Waals surface area contributed by atoms with Gasteiger partial charge < -0.3 is 14.4 Å². The summed E-state index contributed by atoms with van der Waals surface area (Å²) < 4.78 is 2.01. The summed E-state index contributed by atoms with van der Waals surface area (Å²) >= 11 is 0. The van der Waals surface area contributed by atoms with Crippen LogP contribution in [-0.4, -0.2) is 51.3 Å². The Labute approximate surface area is 154 Å². The van der Waals surface area contributed by atoms with Crippen LogP contribution < -0.4 is 0 Å². The maximum atomic E-state index is 12.7. The first-order chi connectivity index (χ1) is 12.5. The van der Waals surface area contributed by atoms with E-state index in [2.05, 4.69) is 6.92 Å². The van der Waals surface area contributed by atoms with E-state index in [1.165, 1.54) is 0 Å². The van der Waals surface area contributed by atoms with Crippen LogP contribution in [0.5, 0.6) is 0 Å². The number of benzene rings is 1. The SMILES string of the molecule is CCCCN(C)C(=O)Cn1c([C@H]2CCCN2C(C)=O)nc2ccccc21.